The largest absolute Gasteiger partial charge is 0.352 e. The van der Waals surface area contributed by atoms with Crippen LogP contribution in [0.3, 0.4) is 0 Å². The highest BCUT2D eigenvalue weighted by Gasteiger charge is 2.20. The van der Waals surface area contributed by atoms with Gasteiger partial charge in [-0.25, -0.2) is 8.42 Å². The Morgan fingerprint density at radius 3 is 2.30 bits per heavy atom. The van der Waals surface area contributed by atoms with Crippen molar-refractivity contribution in [2.24, 2.45) is 0 Å². The molecule has 9 heteroatoms. The molecule has 0 fully saturated rings. The summed E-state index contributed by atoms with van der Waals surface area (Å²) in [7, 11) is -3.57. The van der Waals surface area contributed by atoms with Crippen LogP contribution in [0.1, 0.15) is 18.4 Å². The molecule has 0 aromatic heterocycles. The Kier molecular flexibility index (Phi) is 7.79. The first-order valence-electron chi connectivity index (χ1n) is 8.11. The van der Waals surface area contributed by atoms with E-state index in [1.54, 1.807) is 18.2 Å². The van der Waals surface area contributed by atoms with Crippen LogP contribution in [0.2, 0.25) is 15.1 Å². The van der Waals surface area contributed by atoms with Crippen LogP contribution in [0.4, 0.5) is 5.69 Å². The van der Waals surface area contributed by atoms with Gasteiger partial charge in [-0.1, -0.05) is 46.9 Å². The predicted molar refractivity (Wildman–Crippen MR) is 111 cm³/mol. The first-order chi connectivity index (χ1) is 12.7. The molecule has 0 saturated heterocycles. The average molecular weight is 450 g/mol. The van der Waals surface area contributed by atoms with Crippen molar-refractivity contribution in [1.29, 1.82) is 0 Å². The van der Waals surface area contributed by atoms with Gasteiger partial charge >= 0.3 is 0 Å². The Morgan fingerprint density at radius 1 is 1.04 bits per heavy atom. The number of hydrogen-bond acceptors (Lipinski definition) is 3. The first-order valence-corrected chi connectivity index (χ1v) is 11.1. The van der Waals surface area contributed by atoms with Crippen LogP contribution in [0.15, 0.2) is 42.5 Å². The second-order valence-corrected chi connectivity index (χ2v) is 9.12. The third-order valence-corrected chi connectivity index (χ3v) is 5.73. The number of hydrogen-bond donors (Lipinski definition) is 1. The minimum atomic E-state index is -3.57. The molecule has 0 saturated carbocycles. The van der Waals surface area contributed by atoms with Gasteiger partial charge in [0.1, 0.15) is 0 Å². The lowest BCUT2D eigenvalue weighted by atomic mass is 10.2. The van der Waals surface area contributed by atoms with E-state index in [1.807, 2.05) is 12.1 Å². The summed E-state index contributed by atoms with van der Waals surface area (Å²) in [6.07, 6.45) is 1.60. The maximum atomic E-state index is 12.1. The fraction of sp³-hybridized carbons (Fsp3) is 0.278. The van der Waals surface area contributed by atoms with E-state index in [9.17, 15) is 13.2 Å². The molecule has 27 heavy (non-hydrogen) atoms. The van der Waals surface area contributed by atoms with E-state index in [0.717, 1.165) is 16.1 Å². The summed E-state index contributed by atoms with van der Waals surface area (Å²) in [6.45, 7) is 0.499. The number of amides is 1. The molecule has 2 aromatic carbocycles. The highest BCUT2D eigenvalue weighted by molar-refractivity contribution is 7.92. The van der Waals surface area contributed by atoms with Gasteiger partial charge in [0.25, 0.3) is 0 Å². The molecule has 146 valence electrons. The summed E-state index contributed by atoms with van der Waals surface area (Å²) in [6, 6.07) is 11.8. The van der Waals surface area contributed by atoms with E-state index in [1.165, 1.54) is 12.1 Å². The van der Waals surface area contributed by atoms with Gasteiger partial charge in [0.2, 0.25) is 15.9 Å². The van der Waals surface area contributed by atoms with Gasteiger partial charge in [0.05, 0.1) is 17.0 Å². The zero-order valence-corrected chi connectivity index (χ0v) is 17.7. The zero-order valence-electron chi connectivity index (χ0n) is 14.6. The Labute approximate surface area is 174 Å². The zero-order chi connectivity index (χ0) is 20.0. The van der Waals surface area contributed by atoms with Gasteiger partial charge in [0.15, 0.2) is 0 Å². The van der Waals surface area contributed by atoms with Crippen LogP contribution >= 0.6 is 34.8 Å². The van der Waals surface area contributed by atoms with Gasteiger partial charge in [-0.2, -0.15) is 0 Å². The molecule has 1 amide bonds. The normalized spacial score (nSPS) is 11.3. The van der Waals surface area contributed by atoms with Gasteiger partial charge in [-0.15, -0.1) is 0 Å². The minimum absolute atomic E-state index is 0.118. The van der Waals surface area contributed by atoms with E-state index in [0.29, 0.717) is 28.7 Å². The van der Waals surface area contributed by atoms with Crippen LogP contribution in [0, 0.1) is 0 Å². The van der Waals surface area contributed by atoms with Crippen molar-refractivity contribution in [1.82, 2.24) is 5.32 Å². The lowest BCUT2D eigenvalue weighted by molar-refractivity contribution is -0.121. The molecule has 2 aromatic rings. The molecule has 0 radical (unpaired) electrons. The molecule has 0 aliphatic heterocycles. The topological polar surface area (TPSA) is 66.5 Å². The van der Waals surface area contributed by atoms with E-state index in [4.69, 9.17) is 34.8 Å². The van der Waals surface area contributed by atoms with Crippen LogP contribution in [-0.2, 0) is 21.4 Å². The van der Waals surface area contributed by atoms with Gasteiger partial charge in [-0.05, 0) is 42.3 Å². The molecule has 5 nitrogen and oxygen atoms in total. The first kappa shape index (κ1) is 21.8. The molecule has 0 atom stereocenters. The highest BCUT2D eigenvalue weighted by Crippen LogP contribution is 2.30. The monoisotopic (exact) mass is 448 g/mol. The molecule has 0 aliphatic rings. The Bertz CT molecular complexity index is 903. The van der Waals surface area contributed by atoms with E-state index in [-0.39, 0.29) is 23.9 Å². The highest BCUT2D eigenvalue weighted by atomic mass is 35.5. The molecule has 0 bridgehead atoms. The number of benzene rings is 2. The summed E-state index contributed by atoms with van der Waals surface area (Å²) in [5, 5.41) is 4.08. The smallest absolute Gasteiger partial charge is 0.232 e. The number of halogens is 3. The van der Waals surface area contributed by atoms with Crippen molar-refractivity contribution < 1.29 is 13.2 Å². The van der Waals surface area contributed by atoms with E-state index < -0.39 is 10.0 Å². The van der Waals surface area contributed by atoms with Crippen molar-refractivity contribution in [3.8, 4) is 0 Å². The number of nitrogens with one attached hydrogen (secondary N) is 1. The van der Waals surface area contributed by atoms with Gasteiger partial charge in [0, 0.05) is 29.6 Å². The number of carbonyl (C=O) groups excluding carboxylic acids is 1. The standard InChI is InChI=1S/C18H19Cl3N2O3S/c1-27(25,26)23(17-11-15(20)8-9-16(17)21)10-2-3-18(24)22-12-13-4-6-14(19)7-5-13/h4-9,11H,2-3,10,12H2,1H3,(H,22,24). The average Bonchev–Trinajstić information content (AvgIpc) is 2.59. The fourth-order valence-corrected chi connectivity index (χ4v) is 3.95. The molecule has 0 heterocycles. The van der Waals surface area contributed by atoms with Crippen LogP contribution < -0.4 is 9.62 Å². The third-order valence-electron chi connectivity index (χ3n) is 3.75. The van der Waals surface area contributed by atoms with Crippen LogP contribution in [0.5, 0.6) is 0 Å². The van der Waals surface area contributed by atoms with Crippen molar-refractivity contribution in [2.45, 2.75) is 19.4 Å². The summed E-state index contributed by atoms with van der Waals surface area (Å²) in [4.78, 5) is 12.0. The maximum Gasteiger partial charge on any atom is 0.232 e. The van der Waals surface area contributed by atoms with E-state index >= 15 is 0 Å². The number of nitrogens with zero attached hydrogens (tertiary/aromatic N) is 1. The molecular weight excluding hydrogens is 431 g/mol. The second-order valence-electron chi connectivity index (χ2n) is 5.94. The lowest BCUT2D eigenvalue weighted by Crippen LogP contribution is -2.32. The van der Waals surface area contributed by atoms with E-state index in [2.05, 4.69) is 5.32 Å². The molecule has 1 N–H and O–H groups in total. The van der Waals surface area contributed by atoms with Crippen molar-refractivity contribution >= 4 is 56.4 Å². The van der Waals surface area contributed by atoms with Crippen molar-refractivity contribution in [3.63, 3.8) is 0 Å². The van der Waals surface area contributed by atoms with Gasteiger partial charge < -0.3 is 5.32 Å². The maximum absolute atomic E-state index is 12.1. The SMILES string of the molecule is CS(=O)(=O)N(CCCC(=O)NCc1ccc(Cl)cc1)c1cc(Cl)ccc1Cl. The Hall–Kier alpha value is -1.47. The number of anilines is 1. The molecular formula is C18H19Cl3N2O3S. The summed E-state index contributed by atoms with van der Waals surface area (Å²) in [5.74, 6) is -0.171. The van der Waals surface area contributed by atoms with Crippen LogP contribution in [-0.4, -0.2) is 27.1 Å². The molecule has 0 unspecified atom stereocenters. The fourth-order valence-electron chi connectivity index (χ4n) is 2.42. The Balaban J connectivity index is 1.92. The summed E-state index contributed by atoms with van der Waals surface area (Å²) < 4.78 is 25.4. The lowest BCUT2D eigenvalue weighted by Gasteiger charge is -2.23. The number of rotatable bonds is 8. The molecule has 0 spiro atoms. The predicted octanol–water partition coefficient (Wildman–Crippen LogP) is 4.51. The summed E-state index contributed by atoms with van der Waals surface area (Å²) in [5.41, 5.74) is 1.23. The number of sulfonamides is 1. The number of carbonyl (C=O) groups is 1. The van der Waals surface area contributed by atoms with Crippen molar-refractivity contribution in [2.75, 3.05) is 17.1 Å². The minimum Gasteiger partial charge on any atom is -0.352 e. The third kappa shape index (κ3) is 6.88. The molecule has 0 aliphatic carbocycles. The Morgan fingerprint density at radius 2 is 1.67 bits per heavy atom. The quantitative estimate of drug-likeness (QED) is 0.645. The van der Waals surface area contributed by atoms with Crippen molar-refractivity contribution in [3.05, 3.63) is 63.1 Å². The molecule has 2 rings (SSSR count). The second kappa shape index (κ2) is 9.64. The summed E-state index contributed by atoms with van der Waals surface area (Å²) >= 11 is 17.9. The van der Waals surface area contributed by atoms with Gasteiger partial charge in [-0.3, -0.25) is 9.10 Å². The van der Waals surface area contributed by atoms with Crippen LogP contribution in [0.25, 0.3) is 0 Å².